The molecule has 0 fully saturated rings. The van der Waals surface area contributed by atoms with Gasteiger partial charge in [0.05, 0.1) is 6.61 Å². The predicted molar refractivity (Wildman–Crippen MR) is 63.1 cm³/mol. The van der Waals surface area contributed by atoms with Crippen molar-refractivity contribution in [2.45, 2.75) is 20.0 Å². The van der Waals surface area contributed by atoms with Crippen LogP contribution in [-0.4, -0.2) is 18.2 Å². The van der Waals surface area contributed by atoms with E-state index in [-0.39, 0.29) is 6.61 Å². The molecule has 0 spiro atoms. The van der Waals surface area contributed by atoms with Gasteiger partial charge in [0.25, 0.3) is 0 Å². The second kappa shape index (κ2) is 4.49. The molecule has 0 aromatic heterocycles. The summed E-state index contributed by atoms with van der Waals surface area (Å²) in [7, 11) is 0. The number of aliphatic hydroxyl groups is 1. The topological polar surface area (TPSA) is 23.5 Å². The van der Waals surface area contributed by atoms with E-state index in [0.717, 1.165) is 25.1 Å². The van der Waals surface area contributed by atoms with Gasteiger partial charge in [-0.05, 0) is 19.4 Å². The van der Waals surface area contributed by atoms with Crippen LogP contribution in [0.4, 0.5) is 5.69 Å². The fraction of sp³-hybridized carbons (Fsp3) is 0.385. The van der Waals surface area contributed by atoms with Crippen molar-refractivity contribution in [3.8, 4) is 0 Å². The van der Waals surface area contributed by atoms with Gasteiger partial charge in [-0.1, -0.05) is 29.8 Å². The van der Waals surface area contributed by atoms with Gasteiger partial charge in [0.2, 0.25) is 0 Å². The van der Waals surface area contributed by atoms with E-state index in [1.54, 1.807) is 0 Å². The maximum absolute atomic E-state index is 9.33. The number of benzene rings is 1. The molecule has 0 bridgehead atoms. The molecule has 1 aromatic rings. The van der Waals surface area contributed by atoms with Crippen molar-refractivity contribution in [1.82, 2.24) is 0 Å². The molecular formula is C13H17NO. The van der Waals surface area contributed by atoms with Crippen LogP contribution in [0.2, 0.25) is 0 Å². The minimum absolute atomic E-state index is 0.122. The van der Waals surface area contributed by atoms with Crippen molar-refractivity contribution in [2.75, 3.05) is 18.0 Å². The molecule has 15 heavy (non-hydrogen) atoms. The molecule has 0 saturated carbocycles. The zero-order valence-corrected chi connectivity index (χ0v) is 9.11. The first kappa shape index (κ1) is 10.2. The Morgan fingerprint density at radius 1 is 1.33 bits per heavy atom. The summed E-state index contributed by atoms with van der Waals surface area (Å²) in [6, 6.07) is 6.28. The summed E-state index contributed by atoms with van der Waals surface area (Å²) in [5.74, 6) is 0. The van der Waals surface area contributed by atoms with Gasteiger partial charge in [0.1, 0.15) is 0 Å². The van der Waals surface area contributed by atoms with Crippen molar-refractivity contribution in [2.24, 2.45) is 0 Å². The molecule has 2 rings (SSSR count). The molecule has 0 amide bonds. The summed E-state index contributed by atoms with van der Waals surface area (Å²) in [5.41, 5.74) is 3.41. The Kier molecular flexibility index (Phi) is 3.07. The lowest BCUT2D eigenvalue weighted by atomic mass is 10.1. The monoisotopic (exact) mass is 203 g/mol. The average molecular weight is 203 g/mol. The van der Waals surface area contributed by atoms with Crippen LogP contribution in [0.5, 0.6) is 0 Å². The number of hydrogen-bond acceptors (Lipinski definition) is 2. The lowest BCUT2D eigenvalue weighted by Crippen LogP contribution is -2.27. The Bertz CT molecular complexity index is 371. The maximum atomic E-state index is 9.33. The van der Waals surface area contributed by atoms with Crippen LogP contribution < -0.4 is 4.90 Å². The largest absolute Gasteiger partial charge is 0.392 e. The first-order chi connectivity index (χ1) is 7.31. The van der Waals surface area contributed by atoms with E-state index >= 15 is 0 Å². The Morgan fingerprint density at radius 3 is 2.87 bits per heavy atom. The van der Waals surface area contributed by atoms with E-state index in [1.165, 1.54) is 11.3 Å². The van der Waals surface area contributed by atoms with Crippen LogP contribution in [0.1, 0.15) is 17.5 Å². The second-order valence-corrected chi connectivity index (χ2v) is 4.00. The molecule has 1 aliphatic heterocycles. The lowest BCUT2D eigenvalue weighted by molar-refractivity contribution is 0.282. The first-order valence-corrected chi connectivity index (χ1v) is 5.41. The SMILES string of the molecule is Cc1ccc(N2CC=CCC2)c(CO)c1. The van der Waals surface area contributed by atoms with Gasteiger partial charge in [-0.2, -0.15) is 0 Å². The van der Waals surface area contributed by atoms with E-state index in [0.29, 0.717) is 0 Å². The number of nitrogens with zero attached hydrogens (tertiary/aromatic N) is 1. The number of aryl methyl sites for hydroxylation is 1. The smallest absolute Gasteiger partial charge is 0.0702 e. The van der Waals surface area contributed by atoms with E-state index in [1.807, 2.05) is 0 Å². The van der Waals surface area contributed by atoms with E-state index in [4.69, 9.17) is 0 Å². The van der Waals surface area contributed by atoms with E-state index < -0.39 is 0 Å². The summed E-state index contributed by atoms with van der Waals surface area (Å²) >= 11 is 0. The standard InChI is InChI=1S/C13H17NO/c1-11-5-6-13(12(9-11)10-15)14-7-3-2-4-8-14/h2-3,5-6,9,15H,4,7-8,10H2,1H3. The van der Waals surface area contributed by atoms with Crippen LogP contribution in [-0.2, 0) is 6.61 Å². The molecule has 0 saturated heterocycles. The van der Waals surface area contributed by atoms with Gasteiger partial charge in [0, 0.05) is 24.3 Å². The van der Waals surface area contributed by atoms with Gasteiger partial charge < -0.3 is 10.0 Å². The summed E-state index contributed by atoms with van der Waals surface area (Å²) in [6.45, 7) is 4.18. The van der Waals surface area contributed by atoms with E-state index in [2.05, 4.69) is 42.2 Å². The minimum atomic E-state index is 0.122. The van der Waals surface area contributed by atoms with E-state index in [9.17, 15) is 5.11 Å². The molecule has 1 aromatic carbocycles. The highest BCUT2D eigenvalue weighted by atomic mass is 16.3. The summed E-state index contributed by atoms with van der Waals surface area (Å²) < 4.78 is 0. The van der Waals surface area contributed by atoms with Gasteiger partial charge in [-0.25, -0.2) is 0 Å². The number of anilines is 1. The molecule has 0 unspecified atom stereocenters. The van der Waals surface area contributed by atoms with Crippen molar-refractivity contribution >= 4 is 5.69 Å². The number of hydrogen-bond donors (Lipinski definition) is 1. The van der Waals surface area contributed by atoms with Gasteiger partial charge in [0.15, 0.2) is 0 Å². The predicted octanol–water partition coefficient (Wildman–Crippen LogP) is 2.25. The maximum Gasteiger partial charge on any atom is 0.0702 e. The van der Waals surface area contributed by atoms with Crippen molar-refractivity contribution in [3.63, 3.8) is 0 Å². The minimum Gasteiger partial charge on any atom is -0.392 e. The number of aliphatic hydroxyl groups excluding tert-OH is 1. The second-order valence-electron chi connectivity index (χ2n) is 4.00. The molecule has 0 radical (unpaired) electrons. The van der Waals surface area contributed by atoms with Crippen LogP contribution in [0.15, 0.2) is 30.4 Å². The van der Waals surface area contributed by atoms with Crippen molar-refractivity contribution in [1.29, 1.82) is 0 Å². The Balaban J connectivity index is 2.30. The Labute approximate surface area is 90.8 Å². The summed E-state index contributed by atoms with van der Waals surface area (Å²) in [4.78, 5) is 2.31. The lowest BCUT2D eigenvalue weighted by Gasteiger charge is -2.27. The van der Waals surface area contributed by atoms with Gasteiger partial charge in [-0.3, -0.25) is 0 Å². The molecule has 2 nitrogen and oxygen atoms in total. The normalized spacial score (nSPS) is 15.7. The van der Waals surface area contributed by atoms with Crippen LogP contribution in [0.3, 0.4) is 0 Å². The zero-order chi connectivity index (χ0) is 10.7. The third-order valence-corrected chi connectivity index (χ3v) is 2.80. The first-order valence-electron chi connectivity index (χ1n) is 5.41. The fourth-order valence-electron chi connectivity index (χ4n) is 2.01. The fourth-order valence-corrected chi connectivity index (χ4v) is 2.01. The third-order valence-electron chi connectivity index (χ3n) is 2.80. The Hall–Kier alpha value is -1.28. The summed E-state index contributed by atoms with van der Waals surface area (Å²) in [6.07, 6.45) is 5.49. The number of rotatable bonds is 2. The van der Waals surface area contributed by atoms with Crippen LogP contribution in [0, 0.1) is 6.92 Å². The highest BCUT2D eigenvalue weighted by Crippen LogP contribution is 2.23. The highest BCUT2D eigenvalue weighted by molar-refractivity contribution is 5.55. The highest BCUT2D eigenvalue weighted by Gasteiger charge is 2.11. The molecule has 1 heterocycles. The van der Waals surface area contributed by atoms with Crippen molar-refractivity contribution < 1.29 is 5.11 Å². The molecule has 0 atom stereocenters. The molecule has 1 N–H and O–H groups in total. The third kappa shape index (κ3) is 2.21. The average Bonchev–Trinajstić information content (AvgIpc) is 2.30. The molecule has 0 aliphatic carbocycles. The summed E-state index contributed by atoms with van der Waals surface area (Å²) in [5, 5.41) is 9.33. The quantitative estimate of drug-likeness (QED) is 0.745. The van der Waals surface area contributed by atoms with Crippen LogP contribution in [0.25, 0.3) is 0 Å². The Morgan fingerprint density at radius 2 is 2.20 bits per heavy atom. The van der Waals surface area contributed by atoms with Crippen molar-refractivity contribution in [3.05, 3.63) is 41.5 Å². The van der Waals surface area contributed by atoms with Gasteiger partial charge >= 0.3 is 0 Å². The molecule has 2 heteroatoms. The van der Waals surface area contributed by atoms with Crippen LogP contribution >= 0.6 is 0 Å². The molecule has 80 valence electrons. The zero-order valence-electron chi connectivity index (χ0n) is 9.11. The van der Waals surface area contributed by atoms with Gasteiger partial charge in [-0.15, -0.1) is 0 Å². The molecule has 1 aliphatic rings. The molecular weight excluding hydrogens is 186 g/mol.